The summed E-state index contributed by atoms with van der Waals surface area (Å²) in [7, 11) is 1.38. The Balaban J connectivity index is 0.00000134. The molecule has 11 heteroatoms. The van der Waals surface area contributed by atoms with Crippen molar-refractivity contribution in [3.63, 3.8) is 0 Å². The molecule has 0 amide bonds. The van der Waals surface area contributed by atoms with Crippen molar-refractivity contribution in [1.82, 2.24) is 0 Å². The van der Waals surface area contributed by atoms with Gasteiger partial charge in [-0.1, -0.05) is 12.1 Å². The van der Waals surface area contributed by atoms with Crippen molar-refractivity contribution in [3.05, 3.63) is 76.3 Å². The SMILES string of the molecule is CCO.CCOC(=O)C1=C(N)N(c2cccc(C(F)(F)F)c2)C2=C(C(=O)CCC2)C1c1ccc(OC)c(O)c1. The smallest absolute Gasteiger partial charge is 0.416 e. The number of aromatic hydroxyl groups is 1. The second-order valence-corrected chi connectivity index (χ2v) is 8.72. The molecule has 1 aliphatic carbocycles. The summed E-state index contributed by atoms with van der Waals surface area (Å²) in [6.07, 6.45) is -3.58. The number of benzene rings is 2. The first-order valence-corrected chi connectivity index (χ1v) is 12.4. The molecular weight excluding hydrogens is 517 g/mol. The van der Waals surface area contributed by atoms with E-state index in [9.17, 15) is 27.9 Å². The van der Waals surface area contributed by atoms with Crippen LogP contribution in [0.15, 0.2) is 65.1 Å². The number of hydrogen-bond acceptors (Lipinski definition) is 8. The van der Waals surface area contributed by atoms with Gasteiger partial charge in [-0.25, -0.2) is 4.79 Å². The number of ketones is 1. The number of aliphatic hydroxyl groups excluding tert-OH is 1. The van der Waals surface area contributed by atoms with Crippen molar-refractivity contribution in [1.29, 1.82) is 0 Å². The summed E-state index contributed by atoms with van der Waals surface area (Å²) in [4.78, 5) is 27.8. The maximum atomic E-state index is 13.5. The van der Waals surface area contributed by atoms with Crippen LogP contribution in [0.5, 0.6) is 11.5 Å². The van der Waals surface area contributed by atoms with Crippen LogP contribution >= 0.6 is 0 Å². The summed E-state index contributed by atoms with van der Waals surface area (Å²) < 4.78 is 50.8. The van der Waals surface area contributed by atoms with Gasteiger partial charge in [-0.15, -0.1) is 0 Å². The van der Waals surface area contributed by atoms with Crippen LogP contribution in [0.1, 0.15) is 50.2 Å². The summed E-state index contributed by atoms with van der Waals surface area (Å²) in [6, 6.07) is 9.02. The van der Waals surface area contributed by atoms with Crippen molar-refractivity contribution in [3.8, 4) is 11.5 Å². The molecule has 2 aromatic rings. The van der Waals surface area contributed by atoms with E-state index in [2.05, 4.69) is 0 Å². The predicted molar refractivity (Wildman–Crippen MR) is 138 cm³/mol. The Kier molecular flexibility index (Phi) is 9.28. The van der Waals surface area contributed by atoms with Crippen molar-refractivity contribution in [2.75, 3.05) is 25.2 Å². The Hall–Kier alpha value is -3.99. The molecule has 0 spiro atoms. The third-order valence-electron chi connectivity index (χ3n) is 6.26. The number of nitrogens with two attached hydrogens (primary N) is 1. The monoisotopic (exact) mass is 548 g/mol. The number of ether oxygens (including phenoxy) is 2. The molecule has 1 aliphatic heterocycles. The van der Waals surface area contributed by atoms with E-state index in [-0.39, 0.29) is 59.6 Å². The highest BCUT2D eigenvalue weighted by Crippen LogP contribution is 2.48. The number of phenols is 1. The van der Waals surface area contributed by atoms with Crippen LogP contribution < -0.4 is 15.4 Å². The predicted octanol–water partition coefficient (Wildman–Crippen LogP) is 4.76. The third kappa shape index (κ3) is 6.03. The van der Waals surface area contributed by atoms with E-state index >= 15 is 0 Å². The van der Waals surface area contributed by atoms with Crippen LogP contribution in [0.2, 0.25) is 0 Å². The molecular formula is C28H31F3N2O6. The number of hydrogen-bond donors (Lipinski definition) is 3. The standard InChI is InChI=1S/C26H25F3N2O5.C2H6O/c1-3-36-25(34)23-21(14-10-11-20(35-2)19(33)12-14)22-17(8-5-9-18(22)32)31(24(23)30)16-7-4-6-15(13-16)26(27,28)29;1-2-3/h4,6-7,10-13,21,33H,3,5,8-9,30H2,1-2H3;3H,2H2,1H3. The van der Waals surface area contributed by atoms with Crippen LogP contribution in [-0.2, 0) is 20.5 Å². The van der Waals surface area contributed by atoms with E-state index in [4.69, 9.17) is 20.3 Å². The summed E-state index contributed by atoms with van der Waals surface area (Å²) in [5.41, 5.74) is 6.64. The quantitative estimate of drug-likeness (QED) is 0.457. The summed E-state index contributed by atoms with van der Waals surface area (Å²) >= 11 is 0. The van der Waals surface area contributed by atoms with Crippen LogP contribution in [-0.4, -0.2) is 42.3 Å². The Labute approximate surface area is 224 Å². The van der Waals surface area contributed by atoms with Gasteiger partial charge in [0.1, 0.15) is 5.82 Å². The number of rotatable bonds is 5. The number of alkyl halides is 3. The van der Waals surface area contributed by atoms with E-state index in [1.165, 1.54) is 36.3 Å². The maximum absolute atomic E-state index is 13.5. The van der Waals surface area contributed by atoms with Crippen LogP contribution in [0, 0.1) is 0 Å². The van der Waals surface area contributed by atoms with E-state index < -0.39 is 23.6 Å². The molecule has 210 valence electrons. The normalized spacial score (nSPS) is 17.4. The van der Waals surface area contributed by atoms with Gasteiger partial charge in [0.2, 0.25) is 0 Å². The van der Waals surface area contributed by atoms with Gasteiger partial charge in [0, 0.05) is 30.0 Å². The lowest BCUT2D eigenvalue weighted by Crippen LogP contribution is -2.41. The van der Waals surface area contributed by atoms with Crippen LogP contribution in [0.4, 0.5) is 18.9 Å². The fourth-order valence-electron chi connectivity index (χ4n) is 4.73. The van der Waals surface area contributed by atoms with Crippen molar-refractivity contribution in [2.24, 2.45) is 5.73 Å². The number of carbonyl (C=O) groups excluding carboxylic acids is 2. The molecule has 0 saturated carbocycles. The Bertz CT molecular complexity index is 1300. The van der Waals surface area contributed by atoms with Gasteiger partial charge in [-0.05, 0) is 62.6 Å². The second kappa shape index (κ2) is 12.2. The zero-order valence-electron chi connectivity index (χ0n) is 21.8. The minimum Gasteiger partial charge on any atom is -0.504 e. The zero-order chi connectivity index (χ0) is 28.9. The number of halogens is 3. The largest absolute Gasteiger partial charge is 0.504 e. The fraction of sp³-hybridized carbons (Fsp3) is 0.357. The van der Waals surface area contributed by atoms with Gasteiger partial charge in [0.15, 0.2) is 17.3 Å². The van der Waals surface area contributed by atoms with Crippen molar-refractivity contribution < 1.29 is 42.4 Å². The Morgan fingerprint density at radius 2 is 1.85 bits per heavy atom. The van der Waals surface area contributed by atoms with E-state index in [1.54, 1.807) is 19.9 Å². The molecule has 0 fully saturated rings. The van der Waals surface area contributed by atoms with E-state index in [0.29, 0.717) is 24.1 Å². The van der Waals surface area contributed by atoms with Gasteiger partial charge < -0.3 is 25.4 Å². The summed E-state index contributed by atoms with van der Waals surface area (Å²) in [5.74, 6) is -2.20. The molecule has 0 aromatic heterocycles. The highest BCUT2D eigenvalue weighted by molar-refractivity contribution is 6.05. The highest BCUT2D eigenvalue weighted by Gasteiger charge is 2.43. The number of anilines is 1. The molecule has 1 unspecified atom stereocenters. The molecule has 0 saturated heterocycles. The molecule has 1 heterocycles. The lowest BCUT2D eigenvalue weighted by Gasteiger charge is -2.40. The zero-order valence-corrected chi connectivity index (χ0v) is 21.8. The minimum atomic E-state index is -4.60. The summed E-state index contributed by atoms with van der Waals surface area (Å²) in [6.45, 7) is 3.55. The molecule has 8 nitrogen and oxygen atoms in total. The van der Waals surface area contributed by atoms with Crippen molar-refractivity contribution >= 4 is 17.4 Å². The first-order chi connectivity index (χ1) is 18.5. The fourth-order valence-corrected chi connectivity index (χ4v) is 4.73. The lowest BCUT2D eigenvalue weighted by atomic mass is 9.75. The number of phenolic OH excluding ortho intramolecular Hbond substituents is 1. The number of allylic oxidation sites excluding steroid dienone is 2. The number of Topliss-reactive ketones (excluding diaryl/α,β-unsaturated/α-hetero) is 1. The number of aliphatic hydroxyl groups is 1. The third-order valence-corrected chi connectivity index (χ3v) is 6.26. The van der Waals surface area contributed by atoms with Gasteiger partial charge in [0.25, 0.3) is 0 Å². The van der Waals surface area contributed by atoms with Gasteiger partial charge in [-0.3, -0.25) is 9.69 Å². The van der Waals surface area contributed by atoms with Gasteiger partial charge in [0.05, 0.1) is 30.8 Å². The van der Waals surface area contributed by atoms with Gasteiger partial charge in [-0.2, -0.15) is 13.2 Å². The minimum absolute atomic E-state index is 0.0135. The molecule has 0 bridgehead atoms. The average molecular weight is 549 g/mol. The first-order valence-electron chi connectivity index (χ1n) is 12.4. The highest BCUT2D eigenvalue weighted by atomic mass is 19.4. The molecule has 4 N–H and O–H groups in total. The Morgan fingerprint density at radius 1 is 1.15 bits per heavy atom. The number of nitrogens with zero attached hydrogens (tertiary/aromatic N) is 1. The van der Waals surface area contributed by atoms with Crippen molar-refractivity contribution in [2.45, 2.75) is 45.2 Å². The first kappa shape index (κ1) is 29.6. The average Bonchev–Trinajstić information content (AvgIpc) is 2.88. The number of esters is 1. The number of methoxy groups -OCH3 is 1. The maximum Gasteiger partial charge on any atom is 0.416 e. The van der Waals surface area contributed by atoms with E-state index in [1.807, 2.05) is 0 Å². The molecule has 0 radical (unpaired) electrons. The molecule has 2 aliphatic rings. The molecule has 1 atom stereocenters. The number of carbonyl (C=O) groups is 2. The molecule has 2 aromatic carbocycles. The van der Waals surface area contributed by atoms with E-state index in [0.717, 1.165) is 12.1 Å². The molecule has 4 rings (SSSR count). The van der Waals surface area contributed by atoms with Crippen LogP contribution in [0.3, 0.4) is 0 Å². The second-order valence-electron chi connectivity index (χ2n) is 8.72. The molecule has 39 heavy (non-hydrogen) atoms. The summed E-state index contributed by atoms with van der Waals surface area (Å²) in [5, 5.41) is 18.0. The van der Waals surface area contributed by atoms with Gasteiger partial charge >= 0.3 is 12.1 Å². The lowest BCUT2D eigenvalue weighted by molar-refractivity contribution is -0.139. The Morgan fingerprint density at radius 3 is 2.44 bits per heavy atom. The topological polar surface area (TPSA) is 122 Å². The van der Waals surface area contributed by atoms with Crippen LogP contribution in [0.25, 0.3) is 0 Å².